The highest BCUT2D eigenvalue weighted by molar-refractivity contribution is 5.69. The number of carboxylic acid groups (broad SMARTS) is 1. The van der Waals surface area contributed by atoms with Gasteiger partial charge in [0.25, 0.3) is 0 Å². The number of carboxylic acids is 1. The number of aliphatic carboxylic acids is 1. The van der Waals surface area contributed by atoms with Crippen LogP contribution in [-0.4, -0.2) is 17.6 Å². The molecule has 5 heteroatoms. The van der Waals surface area contributed by atoms with Gasteiger partial charge in [-0.1, -0.05) is 85.4 Å². The zero-order chi connectivity index (χ0) is 20.5. The van der Waals surface area contributed by atoms with Gasteiger partial charge in [0.2, 0.25) is 0 Å². The van der Waals surface area contributed by atoms with E-state index in [4.69, 9.17) is 9.94 Å². The first-order chi connectivity index (χ1) is 14.1. The van der Waals surface area contributed by atoms with Crippen molar-refractivity contribution in [3.8, 4) is 11.1 Å². The van der Waals surface area contributed by atoms with Crippen LogP contribution in [-0.2, 0) is 22.8 Å². The molecule has 3 aromatic carbocycles. The van der Waals surface area contributed by atoms with Gasteiger partial charge in [-0.3, -0.25) is 15.1 Å². The Morgan fingerprint density at radius 1 is 0.862 bits per heavy atom. The summed E-state index contributed by atoms with van der Waals surface area (Å²) in [6.45, 7) is 4.86. The van der Waals surface area contributed by atoms with E-state index in [9.17, 15) is 4.79 Å². The highest BCUT2D eigenvalue weighted by Gasteiger charge is 2.02. The van der Waals surface area contributed by atoms with Gasteiger partial charge < -0.3 is 10.4 Å². The standard InChI is InChI=1S/C24H24N2O3/c1-18(21-11-7-19(8-12-21)15-25-16-24(27)28)26-29-17-20-9-13-23(14-10-20)22-5-3-2-4-6-22/h2-14,25-26H,1,15-17H2,(H,27,28). The average molecular weight is 388 g/mol. The van der Waals surface area contributed by atoms with Crippen LogP contribution >= 0.6 is 0 Å². The Hall–Kier alpha value is -3.41. The van der Waals surface area contributed by atoms with Crippen LogP contribution in [0.25, 0.3) is 16.8 Å². The van der Waals surface area contributed by atoms with Crippen molar-refractivity contribution >= 4 is 11.7 Å². The van der Waals surface area contributed by atoms with Gasteiger partial charge in [0.15, 0.2) is 0 Å². The first-order valence-electron chi connectivity index (χ1n) is 9.35. The van der Waals surface area contributed by atoms with Crippen molar-refractivity contribution < 1.29 is 14.7 Å². The minimum Gasteiger partial charge on any atom is -0.480 e. The molecule has 0 aliphatic heterocycles. The molecule has 5 nitrogen and oxygen atoms in total. The molecule has 0 amide bonds. The van der Waals surface area contributed by atoms with Crippen molar-refractivity contribution in [3.05, 3.63) is 102 Å². The molecule has 0 aliphatic carbocycles. The molecule has 0 aromatic heterocycles. The minimum atomic E-state index is -0.869. The lowest BCUT2D eigenvalue weighted by atomic mass is 10.0. The van der Waals surface area contributed by atoms with Crippen molar-refractivity contribution in [2.75, 3.05) is 6.54 Å². The summed E-state index contributed by atoms with van der Waals surface area (Å²) in [5.41, 5.74) is 8.88. The highest BCUT2D eigenvalue weighted by atomic mass is 16.6. The lowest BCUT2D eigenvalue weighted by Crippen LogP contribution is -2.21. The van der Waals surface area contributed by atoms with E-state index in [1.54, 1.807) is 0 Å². The minimum absolute atomic E-state index is 0.0593. The van der Waals surface area contributed by atoms with Crippen molar-refractivity contribution in [3.63, 3.8) is 0 Å². The summed E-state index contributed by atoms with van der Waals surface area (Å²) in [4.78, 5) is 16.1. The van der Waals surface area contributed by atoms with Crippen LogP contribution in [0.1, 0.15) is 16.7 Å². The summed E-state index contributed by atoms with van der Waals surface area (Å²) >= 11 is 0. The topological polar surface area (TPSA) is 70.6 Å². The molecule has 0 radical (unpaired) electrons. The molecule has 3 aromatic rings. The van der Waals surface area contributed by atoms with Crippen molar-refractivity contribution in [2.45, 2.75) is 13.2 Å². The van der Waals surface area contributed by atoms with Gasteiger partial charge >= 0.3 is 5.97 Å². The number of nitrogens with one attached hydrogen (secondary N) is 2. The van der Waals surface area contributed by atoms with Crippen molar-refractivity contribution in [1.29, 1.82) is 0 Å². The third-order valence-electron chi connectivity index (χ3n) is 4.40. The SMILES string of the molecule is C=C(NOCc1ccc(-c2ccccc2)cc1)c1ccc(CNCC(=O)O)cc1. The summed E-state index contributed by atoms with van der Waals surface area (Å²) < 4.78 is 0. The largest absolute Gasteiger partial charge is 0.480 e. The van der Waals surface area contributed by atoms with Gasteiger partial charge in [-0.15, -0.1) is 0 Å². The summed E-state index contributed by atoms with van der Waals surface area (Å²) in [6, 6.07) is 26.2. The van der Waals surface area contributed by atoms with Gasteiger partial charge in [-0.25, -0.2) is 0 Å². The molecule has 3 rings (SSSR count). The average Bonchev–Trinajstić information content (AvgIpc) is 2.75. The highest BCUT2D eigenvalue weighted by Crippen LogP contribution is 2.19. The van der Waals surface area contributed by atoms with Crippen LogP contribution in [0.5, 0.6) is 0 Å². The molecule has 148 valence electrons. The number of hydroxylamine groups is 1. The molecule has 0 atom stereocenters. The maximum Gasteiger partial charge on any atom is 0.317 e. The van der Waals surface area contributed by atoms with E-state index in [2.05, 4.69) is 41.6 Å². The van der Waals surface area contributed by atoms with Crippen molar-refractivity contribution in [2.24, 2.45) is 0 Å². The number of rotatable bonds is 10. The monoisotopic (exact) mass is 388 g/mol. The Morgan fingerprint density at radius 3 is 2.14 bits per heavy atom. The zero-order valence-corrected chi connectivity index (χ0v) is 16.1. The zero-order valence-electron chi connectivity index (χ0n) is 16.1. The van der Waals surface area contributed by atoms with E-state index in [0.717, 1.165) is 16.7 Å². The third kappa shape index (κ3) is 6.31. The number of benzene rings is 3. The maximum atomic E-state index is 10.5. The van der Waals surface area contributed by atoms with E-state index in [1.165, 1.54) is 11.1 Å². The third-order valence-corrected chi connectivity index (χ3v) is 4.40. The number of hydrogen-bond donors (Lipinski definition) is 3. The van der Waals surface area contributed by atoms with E-state index in [1.807, 2.05) is 54.6 Å². The lowest BCUT2D eigenvalue weighted by Gasteiger charge is -2.11. The predicted octanol–water partition coefficient (Wildman–Crippen LogP) is 4.22. The second kappa shape index (κ2) is 10.2. The van der Waals surface area contributed by atoms with Crippen LogP contribution in [0.15, 0.2) is 85.4 Å². The smallest absolute Gasteiger partial charge is 0.317 e. The molecule has 0 fully saturated rings. The second-order valence-corrected chi connectivity index (χ2v) is 6.63. The van der Waals surface area contributed by atoms with Crippen LogP contribution in [0.4, 0.5) is 0 Å². The fourth-order valence-electron chi connectivity index (χ4n) is 2.83. The Bertz CT molecular complexity index is 936. The molecule has 0 unspecified atom stereocenters. The quantitative estimate of drug-likeness (QED) is 0.454. The fourth-order valence-corrected chi connectivity index (χ4v) is 2.83. The normalized spacial score (nSPS) is 10.5. The first kappa shape index (κ1) is 20.3. The second-order valence-electron chi connectivity index (χ2n) is 6.63. The van der Waals surface area contributed by atoms with Gasteiger partial charge in [0.05, 0.1) is 18.8 Å². The Labute approximate surface area is 170 Å². The Balaban J connectivity index is 1.45. The molecule has 0 saturated carbocycles. The summed E-state index contributed by atoms with van der Waals surface area (Å²) in [6.07, 6.45) is 0. The van der Waals surface area contributed by atoms with E-state index in [-0.39, 0.29) is 6.54 Å². The molecule has 3 N–H and O–H groups in total. The van der Waals surface area contributed by atoms with E-state index >= 15 is 0 Å². The van der Waals surface area contributed by atoms with Crippen molar-refractivity contribution in [1.82, 2.24) is 10.8 Å². The Morgan fingerprint density at radius 2 is 1.48 bits per heavy atom. The van der Waals surface area contributed by atoms with E-state index < -0.39 is 5.97 Å². The molecule has 29 heavy (non-hydrogen) atoms. The fraction of sp³-hybridized carbons (Fsp3) is 0.125. The first-order valence-corrected chi connectivity index (χ1v) is 9.35. The van der Waals surface area contributed by atoms with Crippen LogP contribution < -0.4 is 10.8 Å². The summed E-state index contributed by atoms with van der Waals surface area (Å²) in [7, 11) is 0. The van der Waals surface area contributed by atoms with Gasteiger partial charge in [-0.05, 0) is 27.8 Å². The van der Waals surface area contributed by atoms with E-state index in [0.29, 0.717) is 18.8 Å². The number of hydrogen-bond acceptors (Lipinski definition) is 4. The van der Waals surface area contributed by atoms with Crippen LogP contribution in [0, 0.1) is 0 Å². The summed E-state index contributed by atoms with van der Waals surface area (Å²) in [5, 5.41) is 11.5. The van der Waals surface area contributed by atoms with Gasteiger partial charge in [-0.2, -0.15) is 0 Å². The molecule has 0 bridgehead atoms. The van der Waals surface area contributed by atoms with Crippen LogP contribution in [0.3, 0.4) is 0 Å². The molecule has 0 heterocycles. The molecule has 0 saturated heterocycles. The van der Waals surface area contributed by atoms with Gasteiger partial charge in [0.1, 0.15) is 0 Å². The summed E-state index contributed by atoms with van der Waals surface area (Å²) in [5.74, 6) is -0.869. The molecular weight excluding hydrogens is 364 g/mol. The Kier molecular flexibility index (Phi) is 7.16. The molecule has 0 spiro atoms. The number of carbonyl (C=O) groups is 1. The lowest BCUT2D eigenvalue weighted by molar-refractivity contribution is -0.135. The molecule has 0 aliphatic rings. The predicted molar refractivity (Wildman–Crippen MR) is 115 cm³/mol. The molecular formula is C24H24N2O3. The maximum absolute atomic E-state index is 10.5. The van der Waals surface area contributed by atoms with Gasteiger partial charge in [0, 0.05) is 6.54 Å². The van der Waals surface area contributed by atoms with Crippen LogP contribution in [0.2, 0.25) is 0 Å².